The van der Waals surface area contributed by atoms with E-state index >= 15 is 0 Å². The second-order valence-electron chi connectivity index (χ2n) is 6.44. The molecular weight excluding hydrogens is 290 g/mol. The van der Waals surface area contributed by atoms with Crippen molar-refractivity contribution in [1.29, 1.82) is 0 Å². The fourth-order valence-corrected chi connectivity index (χ4v) is 3.41. The molecule has 1 heterocycles. The minimum Gasteiger partial charge on any atom is -0.444 e. The lowest BCUT2D eigenvalue weighted by Crippen LogP contribution is -2.36. The predicted octanol–water partition coefficient (Wildman–Crippen LogP) is 3.58. The van der Waals surface area contributed by atoms with Gasteiger partial charge in [0.05, 0.1) is 6.20 Å². The van der Waals surface area contributed by atoms with E-state index in [4.69, 9.17) is 10.2 Å². The zero-order chi connectivity index (χ0) is 16.1. The number of hydrogen-bond acceptors (Lipinski definition) is 4. The Kier molecular flexibility index (Phi) is 4.76. The molecule has 0 bridgehead atoms. The quantitative estimate of drug-likeness (QED) is 0.884. The number of nitrogens with two attached hydrogens (primary N) is 1. The Bertz CT molecular complexity index is 646. The van der Waals surface area contributed by atoms with Crippen molar-refractivity contribution in [2.75, 3.05) is 11.9 Å². The lowest BCUT2D eigenvalue weighted by Gasteiger charge is -2.35. The molecule has 1 aliphatic rings. The largest absolute Gasteiger partial charge is 0.444 e. The molecule has 0 unspecified atom stereocenters. The molecule has 1 aromatic heterocycles. The first-order chi connectivity index (χ1) is 11.2. The molecule has 1 aromatic carbocycles. The third-order valence-electron chi connectivity index (χ3n) is 4.75. The Hall–Kier alpha value is -2.14. The molecule has 0 saturated heterocycles. The van der Waals surface area contributed by atoms with Crippen LogP contribution in [0.5, 0.6) is 0 Å². The highest BCUT2D eigenvalue weighted by molar-refractivity contribution is 5.91. The van der Waals surface area contributed by atoms with Gasteiger partial charge < -0.3 is 15.5 Å². The predicted molar refractivity (Wildman–Crippen MR) is 89.8 cm³/mol. The Balaban J connectivity index is 1.67. The molecule has 0 spiro atoms. The van der Waals surface area contributed by atoms with Crippen LogP contribution in [-0.4, -0.2) is 17.4 Å². The molecule has 2 aromatic rings. The average Bonchev–Trinajstić information content (AvgIpc) is 3.10. The van der Waals surface area contributed by atoms with Crippen LogP contribution in [0, 0.1) is 5.41 Å². The summed E-state index contributed by atoms with van der Waals surface area (Å²) >= 11 is 0. The van der Waals surface area contributed by atoms with Crippen molar-refractivity contribution in [3.63, 3.8) is 0 Å². The minimum atomic E-state index is -0.0229. The maximum Gasteiger partial charge on any atom is 0.224 e. The van der Waals surface area contributed by atoms with Gasteiger partial charge in [-0.1, -0.05) is 31.4 Å². The average molecular weight is 313 g/mol. The fourth-order valence-electron chi connectivity index (χ4n) is 3.41. The first-order valence-corrected chi connectivity index (χ1v) is 8.20. The summed E-state index contributed by atoms with van der Waals surface area (Å²) in [4.78, 5) is 16.4. The number of hydrogen-bond donors (Lipinski definition) is 2. The van der Waals surface area contributed by atoms with E-state index in [1.807, 2.05) is 24.3 Å². The maximum atomic E-state index is 12.4. The van der Waals surface area contributed by atoms with Crippen LogP contribution >= 0.6 is 0 Å². The third kappa shape index (κ3) is 3.79. The van der Waals surface area contributed by atoms with Crippen LogP contribution in [0.15, 0.2) is 41.3 Å². The van der Waals surface area contributed by atoms with Gasteiger partial charge in [0.1, 0.15) is 0 Å². The summed E-state index contributed by atoms with van der Waals surface area (Å²) in [5, 5.41) is 2.99. The zero-order valence-corrected chi connectivity index (χ0v) is 13.3. The fraction of sp³-hybridized carbons (Fsp3) is 0.444. The van der Waals surface area contributed by atoms with Crippen LogP contribution in [-0.2, 0) is 4.79 Å². The normalized spacial score (nSPS) is 16.9. The number of anilines is 1. The molecule has 1 fully saturated rings. The van der Waals surface area contributed by atoms with Gasteiger partial charge >= 0.3 is 0 Å². The molecule has 5 heteroatoms. The van der Waals surface area contributed by atoms with Gasteiger partial charge in [0.2, 0.25) is 5.91 Å². The Morgan fingerprint density at radius 2 is 2.13 bits per heavy atom. The number of carbonyl (C=O) groups is 1. The van der Waals surface area contributed by atoms with Crippen LogP contribution < -0.4 is 11.1 Å². The first kappa shape index (κ1) is 15.7. The van der Waals surface area contributed by atoms with E-state index in [0.29, 0.717) is 18.7 Å². The summed E-state index contributed by atoms with van der Waals surface area (Å²) in [6.45, 7) is 0.582. The molecular formula is C18H23N3O2. The van der Waals surface area contributed by atoms with Crippen molar-refractivity contribution in [3.8, 4) is 11.3 Å². The van der Waals surface area contributed by atoms with Crippen molar-refractivity contribution in [2.24, 2.45) is 11.1 Å². The van der Waals surface area contributed by atoms with Crippen LogP contribution in [0.4, 0.5) is 5.69 Å². The standard InChI is InChI=1S/C18H23N3O2/c19-12-18(7-2-1-3-8-18)10-17(22)21-15-6-4-5-14(9-15)16-11-20-13-23-16/h4-6,9,11,13H,1-3,7-8,10,12,19H2,(H,21,22). The van der Waals surface area contributed by atoms with Crippen molar-refractivity contribution < 1.29 is 9.21 Å². The van der Waals surface area contributed by atoms with Gasteiger partial charge in [-0.3, -0.25) is 4.79 Å². The lowest BCUT2D eigenvalue weighted by molar-refractivity contribution is -0.118. The highest BCUT2D eigenvalue weighted by atomic mass is 16.3. The van der Waals surface area contributed by atoms with Crippen molar-refractivity contribution in [2.45, 2.75) is 38.5 Å². The van der Waals surface area contributed by atoms with Gasteiger partial charge in [-0.15, -0.1) is 0 Å². The molecule has 1 amide bonds. The number of rotatable bonds is 5. The molecule has 3 N–H and O–H groups in total. The smallest absolute Gasteiger partial charge is 0.224 e. The van der Waals surface area contributed by atoms with E-state index in [0.717, 1.165) is 24.1 Å². The Morgan fingerprint density at radius 1 is 1.30 bits per heavy atom. The highest BCUT2D eigenvalue weighted by Gasteiger charge is 2.32. The van der Waals surface area contributed by atoms with E-state index in [2.05, 4.69) is 10.3 Å². The summed E-state index contributed by atoms with van der Waals surface area (Å²) in [7, 11) is 0. The third-order valence-corrected chi connectivity index (χ3v) is 4.75. The summed E-state index contributed by atoms with van der Waals surface area (Å²) in [6.07, 6.45) is 9.25. The Morgan fingerprint density at radius 3 is 2.83 bits per heavy atom. The van der Waals surface area contributed by atoms with E-state index in [9.17, 15) is 4.79 Å². The number of amides is 1. The number of benzene rings is 1. The van der Waals surface area contributed by atoms with Gasteiger partial charge in [-0.25, -0.2) is 4.98 Å². The molecule has 23 heavy (non-hydrogen) atoms. The first-order valence-electron chi connectivity index (χ1n) is 8.20. The van der Waals surface area contributed by atoms with E-state index in [1.165, 1.54) is 25.7 Å². The molecule has 0 radical (unpaired) electrons. The molecule has 122 valence electrons. The number of nitrogens with zero attached hydrogens (tertiary/aromatic N) is 1. The maximum absolute atomic E-state index is 12.4. The molecule has 1 aliphatic carbocycles. The van der Waals surface area contributed by atoms with Crippen molar-refractivity contribution >= 4 is 11.6 Å². The lowest BCUT2D eigenvalue weighted by atomic mass is 9.71. The molecule has 5 nitrogen and oxygen atoms in total. The Labute approximate surface area is 136 Å². The number of nitrogens with one attached hydrogen (secondary N) is 1. The van der Waals surface area contributed by atoms with Crippen LogP contribution in [0.25, 0.3) is 11.3 Å². The minimum absolute atomic E-state index is 0.0229. The van der Waals surface area contributed by atoms with E-state index in [-0.39, 0.29) is 11.3 Å². The topological polar surface area (TPSA) is 81.2 Å². The van der Waals surface area contributed by atoms with Gasteiger partial charge in [0.25, 0.3) is 0 Å². The van der Waals surface area contributed by atoms with E-state index in [1.54, 1.807) is 6.20 Å². The SMILES string of the molecule is NCC1(CC(=O)Nc2cccc(-c3cnco3)c2)CCCCC1. The number of aromatic nitrogens is 1. The van der Waals surface area contributed by atoms with E-state index < -0.39 is 0 Å². The summed E-state index contributed by atoms with van der Waals surface area (Å²) < 4.78 is 5.29. The molecule has 3 rings (SSSR count). The van der Waals surface area contributed by atoms with Gasteiger partial charge in [0, 0.05) is 17.7 Å². The highest BCUT2D eigenvalue weighted by Crippen LogP contribution is 2.38. The summed E-state index contributed by atoms with van der Waals surface area (Å²) in [5.74, 6) is 0.721. The second-order valence-corrected chi connectivity index (χ2v) is 6.44. The number of carbonyl (C=O) groups excluding carboxylic acids is 1. The van der Waals surface area contributed by atoms with Gasteiger partial charge in [-0.2, -0.15) is 0 Å². The monoisotopic (exact) mass is 313 g/mol. The zero-order valence-electron chi connectivity index (χ0n) is 13.3. The van der Waals surface area contributed by atoms with Crippen molar-refractivity contribution in [1.82, 2.24) is 4.98 Å². The van der Waals surface area contributed by atoms with Crippen LogP contribution in [0.3, 0.4) is 0 Å². The summed E-state index contributed by atoms with van der Waals surface area (Å²) in [6, 6.07) is 7.60. The summed E-state index contributed by atoms with van der Waals surface area (Å²) in [5.41, 5.74) is 7.61. The van der Waals surface area contributed by atoms with Crippen LogP contribution in [0.2, 0.25) is 0 Å². The van der Waals surface area contributed by atoms with Crippen molar-refractivity contribution in [3.05, 3.63) is 36.9 Å². The van der Waals surface area contributed by atoms with Crippen LogP contribution in [0.1, 0.15) is 38.5 Å². The molecule has 0 atom stereocenters. The molecule has 1 saturated carbocycles. The van der Waals surface area contributed by atoms with Gasteiger partial charge in [-0.05, 0) is 36.9 Å². The number of oxazole rings is 1. The second kappa shape index (κ2) is 6.96. The molecule has 0 aliphatic heterocycles. The van der Waals surface area contributed by atoms with Gasteiger partial charge in [0.15, 0.2) is 12.2 Å².